The molecule has 1 aliphatic rings. The quantitative estimate of drug-likeness (QED) is 0.505. The van der Waals surface area contributed by atoms with Gasteiger partial charge in [0.05, 0.1) is 12.7 Å². The number of aromatic nitrogens is 2. The van der Waals surface area contributed by atoms with Gasteiger partial charge < -0.3 is 25.4 Å². The predicted octanol–water partition coefficient (Wildman–Crippen LogP) is -1.11. The minimum absolute atomic E-state index is 0.0696. The lowest BCUT2D eigenvalue weighted by atomic mass is 10.2. The van der Waals surface area contributed by atoms with Gasteiger partial charge in [-0.2, -0.15) is 4.98 Å². The number of aryl methyl sites for hydroxylation is 1. The van der Waals surface area contributed by atoms with Crippen LogP contribution in [-0.2, 0) is 13.8 Å². The molecule has 0 bridgehead atoms. The molecule has 0 radical (unpaired) electrons. The van der Waals surface area contributed by atoms with Crippen LogP contribution in [0, 0.1) is 6.92 Å². The summed E-state index contributed by atoms with van der Waals surface area (Å²) in [5, 5.41) is 9.81. The fourth-order valence-electron chi connectivity index (χ4n) is 1.99. The molecule has 1 fully saturated rings. The van der Waals surface area contributed by atoms with Gasteiger partial charge in [-0.25, -0.2) is 9.36 Å². The van der Waals surface area contributed by atoms with Crippen molar-refractivity contribution in [2.24, 2.45) is 0 Å². The monoisotopic (exact) mass is 321 g/mol. The van der Waals surface area contributed by atoms with Crippen LogP contribution in [0.2, 0.25) is 0 Å². The first kappa shape index (κ1) is 16.1. The Hall–Kier alpha value is -1.29. The van der Waals surface area contributed by atoms with E-state index in [1.165, 1.54) is 10.8 Å². The van der Waals surface area contributed by atoms with E-state index in [4.69, 9.17) is 20.3 Å². The first-order valence-electron chi connectivity index (χ1n) is 6.06. The molecule has 2 rings (SSSR count). The van der Waals surface area contributed by atoms with Crippen LogP contribution in [0.15, 0.2) is 11.0 Å². The third kappa shape index (κ3) is 3.88. The summed E-state index contributed by atoms with van der Waals surface area (Å²) in [4.78, 5) is 32.6. The van der Waals surface area contributed by atoms with Crippen LogP contribution in [0.3, 0.4) is 0 Å². The number of phosphoric acid groups is 1. The number of hydrogen-bond acceptors (Lipinski definition) is 7. The van der Waals surface area contributed by atoms with E-state index in [-0.39, 0.29) is 12.2 Å². The lowest BCUT2D eigenvalue weighted by Crippen LogP contribution is -2.29. The molecule has 11 heteroatoms. The SMILES string of the molecule is Cc1cn(C2CC(O)C(COP(=O)(O)O)O2)c(=O)nc1N. The van der Waals surface area contributed by atoms with Gasteiger partial charge in [0.25, 0.3) is 0 Å². The molecular formula is C10H16N3O7P. The fraction of sp³-hybridized carbons (Fsp3) is 0.600. The Morgan fingerprint density at radius 3 is 2.90 bits per heavy atom. The number of hydrogen-bond donors (Lipinski definition) is 4. The second kappa shape index (κ2) is 5.84. The Bertz CT molecular complexity index is 628. The number of phosphoric ester groups is 1. The van der Waals surface area contributed by atoms with Crippen LogP contribution in [0.25, 0.3) is 0 Å². The maximum atomic E-state index is 11.8. The largest absolute Gasteiger partial charge is 0.469 e. The van der Waals surface area contributed by atoms with Gasteiger partial charge in [-0.1, -0.05) is 0 Å². The first-order chi connectivity index (χ1) is 9.67. The van der Waals surface area contributed by atoms with Crippen molar-refractivity contribution in [2.45, 2.75) is 31.8 Å². The molecule has 1 aromatic heterocycles. The summed E-state index contributed by atoms with van der Waals surface area (Å²) in [5.41, 5.74) is 5.46. The lowest BCUT2D eigenvalue weighted by molar-refractivity contribution is -0.0450. The Balaban J connectivity index is 2.12. The van der Waals surface area contributed by atoms with Gasteiger partial charge in [0, 0.05) is 18.2 Å². The summed E-state index contributed by atoms with van der Waals surface area (Å²) in [7, 11) is -4.65. The van der Waals surface area contributed by atoms with Crippen molar-refractivity contribution in [3.8, 4) is 0 Å². The number of nitrogens with zero attached hydrogens (tertiary/aromatic N) is 2. The summed E-state index contributed by atoms with van der Waals surface area (Å²) in [6.45, 7) is 1.18. The molecule has 1 aliphatic heterocycles. The van der Waals surface area contributed by atoms with Gasteiger partial charge in [-0.15, -0.1) is 0 Å². The molecule has 0 aliphatic carbocycles. The number of anilines is 1. The van der Waals surface area contributed by atoms with Gasteiger partial charge in [-0.05, 0) is 6.92 Å². The zero-order valence-corrected chi connectivity index (χ0v) is 12.0. The van der Waals surface area contributed by atoms with Crippen LogP contribution in [-0.4, -0.2) is 43.3 Å². The number of ether oxygens (including phenoxy) is 1. The zero-order valence-electron chi connectivity index (χ0n) is 11.1. The van der Waals surface area contributed by atoms with Crippen molar-refractivity contribution >= 4 is 13.6 Å². The Morgan fingerprint density at radius 1 is 1.62 bits per heavy atom. The van der Waals surface area contributed by atoms with Gasteiger partial charge >= 0.3 is 13.5 Å². The third-order valence-electron chi connectivity index (χ3n) is 3.10. The summed E-state index contributed by atoms with van der Waals surface area (Å²) < 4.78 is 21.5. The molecule has 0 amide bonds. The average molecular weight is 321 g/mol. The Kier molecular flexibility index (Phi) is 4.47. The molecule has 3 atom stereocenters. The molecule has 5 N–H and O–H groups in total. The van der Waals surface area contributed by atoms with E-state index < -0.39 is 38.6 Å². The van der Waals surface area contributed by atoms with Crippen LogP contribution < -0.4 is 11.4 Å². The van der Waals surface area contributed by atoms with Crippen LogP contribution >= 0.6 is 7.82 Å². The molecule has 0 spiro atoms. The summed E-state index contributed by atoms with van der Waals surface area (Å²) >= 11 is 0. The van der Waals surface area contributed by atoms with E-state index in [1.54, 1.807) is 6.92 Å². The maximum Gasteiger partial charge on any atom is 0.469 e. The highest BCUT2D eigenvalue weighted by Crippen LogP contribution is 2.38. The predicted molar refractivity (Wildman–Crippen MR) is 70.2 cm³/mol. The highest BCUT2D eigenvalue weighted by Gasteiger charge is 2.37. The second-order valence-electron chi connectivity index (χ2n) is 4.72. The van der Waals surface area contributed by atoms with E-state index in [2.05, 4.69) is 9.51 Å². The topological polar surface area (TPSA) is 157 Å². The molecule has 0 saturated carbocycles. The van der Waals surface area contributed by atoms with Crippen molar-refractivity contribution < 1.29 is 28.7 Å². The average Bonchev–Trinajstić information content (AvgIpc) is 2.72. The highest BCUT2D eigenvalue weighted by molar-refractivity contribution is 7.46. The number of aliphatic hydroxyl groups excluding tert-OH is 1. The lowest BCUT2D eigenvalue weighted by Gasteiger charge is -2.16. The summed E-state index contributed by atoms with van der Waals surface area (Å²) in [6.07, 6.45) is -1.25. The van der Waals surface area contributed by atoms with E-state index in [1.807, 2.05) is 0 Å². The minimum atomic E-state index is -4.65. The first-order valence-corrected chi connectivity index (χ1v) is 7.59. The molecule has 21 heavy (non-hydrogen) atoms. The summed E-state index contributed by atoms with van der Waals surface area (Å²) in [5.74, 6) is 0.108. The standard InChI is InChI=1S/C10H16N3O7P/c1-5-3-13(10(15)12-9(5)11)8-2-6(14)7(20-8)4-19-21(16,17)18/h3,6-8,14H,2,4H2,1H3,(H2,11,12,15)(H2,16,17,18). The molecular weight excluding hydrogens is 305 g/mol. The van der Waals surface area contributed by atoms with E-state index in [9.17, 15) is 14.5 Å². The molecule has 3 unspecified atom stereocenters. The van der Waals surface area contributed by atoms with Gasteiger partial charge in [0.2, 0.25) is 0 Å². The number of nitrogen functional groups attached to an aromatic ring is 1. The number of aliphatic hydroxyl groups is 1. The zero-order chi connectivity index (χ0) is 15.8. The number of rotatable bonds is 4. The van der Waals surface area contributed by atoms with Crippen molar-refractivity contribution in [1.29, 1.82) is 0 Å². The molecule has 118 valence electrons. The fourth-order valence-corrected chi connectivity index (χ4v) is 2.33. The normalized spacial score (nSPS) is 26.2. The highest BCUT2D eigenvalue weighted by atomic mass is 31.2. The van der Waals surface area contributed by atoms with Gasteiger partial charge in [0.15, 0.2) is 0 Å². The molecule has 0 aromatic carbocycles. The van der Waals surface area contributed by atoms with Gasteiger partial charge in [0.1, 0.15) is 18.1 Å². The van der Waals surface area contributed by atoms with E-state index >= 15 is 0 Å². The second-order valence-corrected chi connectivity index (χ2v) is 5.96. The van der Waals surface area contributed by atoms with Crippen LogP contribution in [0.4, 0.5) is 5.82 Å². The maximum absolute atomic E-state index is 11.8. The van der Waals surface area contributed by atoms with Crippen molar-refractivity contribution in [3.05, 3.63) is 22.2 Å². The molecule has 10 nitrogen and oxygen atoms in total. The summed E-state index contributed by atoms with van der Waals surface area (Å²) in [6, 6.07) is 0. The molecule has 1 saturated heterocycles. The van der Waals surface area contributed by atoms with Gasteiger partial charge in [-0.3, -0.25) is 9.09 Å². The van der Waals surface area contributed by atoms with Crippen molar-refractivity contribution in [3.63, 3.8) is 0 Å². The molecule has 2 heterocycles. The van der Waals surface area contributed by atoms with Crippen molar-refractivity contribution in [2.75, 3.05) is 12.3 Å². The smallest absolute Gasteiger partial charge is 0.390 e. The minimum Gasteiger partial charge on any atom is -0.390 e. The van der Waals surface area contributed by atoms with Crippen LogP contribution in [0.1, 0.15) is 18.2 Å². The van der Waals surface area contributed by atoms with Crippen LogP contribution in [0.5, 0.6) is 0 Å². The Morgan fingerprint density at radius 2 is 2.29 bits per heavy atom. The number of nitrogens with two attached hydrogens (primary N) is 1. The van der Waals surface area contributed by atoms with E-state index in [0.29, 0.717) is 5.56 Å². The third-order valence-corrected chi connectivity index (χ3v) is 3.58. The Labute approximate surface area is 119 Å². The van der Waals surface area contributed by atoms with Crippen molar-refractivity contribution in [1.82, 2.24) is 9.55 Å². The molecule has 1 aromatic rings. The van der Waals surface area contributed by atoms with E-state index in [0.717, 1.165) is 0 Å².